The zero-order valence-corrected chi connectivity index (χ0v) is 11.0. The van der Waals surface area contributed by atoms with Crippen LogP contribution in [0.4, 0.5) is 24.5 Å². The summed E-state index contributed by atoms with van der Waals surface area (Å²) in [5.74, 6) is 0. The summed E-state index contributed by atoms with van der Waals surface area (Å²) in [5.41, 5.74) is -0.163. The molecule has 104 valence electrons. The molecule has 1 atom stereocenters. The first kappa shape index (κ1) is 13.1. The summed E-state index contributed by atoms with van der Waals surface area (Å²) in [6.45, 7) is 0. The van der Waals surface area contributed by atoms with Crippen molar-refractivity contribution < 1.29 is 17.7 Å². The van der Waals surface area contributed by atoms with Gasteiger partial charge in [-0.05, 0) is 30.3 Å². The van der Waals surface area contributed by atoms with Gasteiger partial charge in [-0.3, -0.25) is 4.57 Å². The smallest absolute Gasteiger partial charge is 0.315 e. The highest BCUT2D eigenvalue weighted by atomic mass is 31.2. The fourth-order valence-electron chi connectivity index (χ4n) is 2.04. The molecule has 2 N–H and O–H groups in total. The van der Waals surface area contributed by atoms with E-state index in [-0.39, 0.29) is 5.69 Å². The lowest BCUT2D eigenvalue weighted by molar-refractivity contribution is -0.137. The second-order valence-electron chi connectivity index (χ2n) is 4.43. The predicted octanol–water partition coefficient (Wildman–Crippen LogP) is 4.06. The molecule has 0 radical (unpaired) electrons. The van der Waals surface area contributed by atoms with Crippen LogP contribution in [0.15, 0.2) is 48.5 Å². The van der Waals surface area contributed by atoms with Crippen LogP contribution in [0, 0.1) is 0 Å². The highest BCUT2D eigenvalue weighted by Crippen LogP contribution is 2.53. The number of halogens is 3. The summed E-state index contributed by atoms with van der Waals surface area (Å²) in [6, 6.07) is 11.8. The van der Waals surface area contributed by atoms with Gasteiger partial charge in [0, 0.05) is 0 Å². The number of anilines is 2. The van der Waals surface area contributed by atoms with Crippen LogP contribution >= 0.6 is 7.44 Å². The highest BCUT2D eigenvalue weighted by Gasteiger charge is 2.36. The van der Waals surface area contributed by atoms with Crippen molar-refractivity contribution in [3.63, 3.8) is 0 Å². The fraction of sp³-hybridized carbons (Fsp3) is 0.0769. The van der Waals surface area contributed by atoms with Crippen LogP contribution in [0.1, 0.15) is 5.56 Å². The number of alkyl halides is 3. The van der Waals surface area contributed by atoms with Crippen molar-refractivity contribution in [1.29, 1.82) is 0 Å². The van der Waals surface area contributed by atoms with Crippen LogP contribution in [-0.4, -0.2) is 0 Å². The van der Waals surface area contributed by atoms with E-state index in [2.05, 4.69) is 10.2 Å². The maximum Gasteiger partial charge on any atom is 0.416 e. The largest absolute Gasteiger partial charge is 0.416 e. The van der Waals surface area contributed by atoms with E-state index < -0.39 is 19.2 Å². The Hall–Kier alpha value is -1.94. The molecule has 3 rings (SSSR count). The fourth-order valence-corrected chi connectivity index (χ4v) is 4.01. The third-order valence-corrected chi connectivity index (χ3v) is 5.16. The number of nitrogens with one attached hydrogen (secondary N) is 2. The minimum Gasteiger partial charge on any atom is -0.315 e. The Morgan fingerprint density at radius 1 is 0.900 bits per heavy atom. The Balaban J connectivity index is 1.99. The third kappa shape index (κ3) is 2.16. The van der Waals surface area contributed by atoms with Gasteiger partial charge in [-0.25, -0.2) is 0 Å². The van der Waals surface area contributed by atoms with Gasteiger partial charge >= 0.3 is 6.18 Å². The van der Waals surface area contributed by atoms with E-state index in [0.717, 1.165) is 12.1 Å². The topological polar surface area (TPSA) is 41.1 Å². The second kappa shape index (κ2) is 4.28. The normalized spacial score (nSPS) is 20.9. The van der Waals surface area contributed by atoms with Gasteiger partial charge in [0.2, 0.25) is 0 Å². The molecule has 20 heavy (non-hydrogen) atoms. The van der Waals surface area contributed by atoms with E-state index in [9.17, 15) is 17.7 Å². The summed E-state index contributed by atoms with van der Waals surface area (Å²) in [5, 5.41) is 5.99. The predicted molar refractivity (Wildman–Crippen MR) is 72.4 cm³/mol. The first-order chi connectivity index (χ1) is 9.38. The van der Waals surface area contributed by atoms with Crippen molar-refractivity contribution >= 4 is 24.1 Å². The summed E-state index contributed by atoms with van der Waals surface area (Å²) in [7, 11) is -3.14. The van der Waals surface area contributed by atoms with E-state index in [1.165, 1.54) is 6.07 Å². The Morgan fingerprint density at radius 2 is 1.55 bits per heavy atom. The van der Waals surface area contributed by atoms with Crippen LogP contribution < -0.4 is 15.5 Å². The Labute approximate surface area is 113 Å². The quantitative estimate of drug-likeness (QED) is 0.780. The summed E-state index contributed by atoms with van der Waals surface area (Å²) < 4.78 is 50.7. The lowest BCUT2D eigenvalue weighted by Crippen LogP contribution is -2.12. The molecule has 7 heteroatoms. The van der Waals surface area contributed by atoms with Crippen LogP contribution in [0.2, 0.25) is 0 Å². The molecule has 0 amide bonds. The standard InChI is InChI=1S/C13H10F3N2OP/c14-13(15,16)9-6-7-11-12(8-9)18-20(19,17-11)10-4-2-1-3-5-10/h1-8H,(H2,17,18,19)/t20-/m0/s1. The first-order valence-electron chi connectivity index (χ1n) is 5.82. The molecular formula is C13H10F3N2OP. The SMILES string of the molecule is O=[P@@]1(c2ccccc2)Nc2ccc(C(F)(F)F)cc2N1. The van der Waals surface area contributed by atoms with Gasteiger partial charge in [0.05, 0.1) is 22.2 Å². The number of rotatable bonds is 1. The lowest BCUT2D eigenvalue weighted by atomic mass is 10.2. The van der Waals surface area contributed by atoms with Gasteiger partial charge in [-0.1, -0.05) is 18.2 Å². The second-order valence-corrected chi connectivity index (χ2v) is 6.61. The molecule has 0 bridgehead atoms. The first-order valence-corrected chi connectivity index (χ1v) is 7.53. The lowest BCUT2D eigenvalue weighted by Gasteiger charge is -2.12. The Bertz CT molecular complexity index is 701. The molecule has 0 saturated heterocycles. The van der Waals surface area contributed by atoms with E-state index >= 15 is 0 Å². The van der Waals surface area contributed by atoms with Crippen LogP contribution in [0.3, 0.4) is 0 Å². The molecule has 1 heterocycles. The van der Waals surface area contributed by atoms with Gasteiger partial charge in [-0.2, -0.15) is 13.2 Å². The third-order valence-electron chi connectivity index (χ3n) is 3.02. The van der Waals surface area contributed by atoms with Crippen LogP contribution in [0.25, 0.3) is 0 Å². The zero-order valence-electron chi connectivity index (χ0n) is 10.1. The maximum atomic E-state index is 12.7. The van der Waals surface area contributed by atoms with Crippen molar-refractivity contribution in [3.05, 3.63) is 54.1 Å². The monoisotopic (exact) mass is 298 g/mol. The van der Waals surface area contributed by atoms with Crippen LogP contribution in [-0.2, 0) is 10.7 Å². The average molecular weight is 298 g/mol. The zero-order chi connectivity index (χ0) is 14.4. The molecule has 0 spiro atoms. The summed E-state index contributed by atoms with van der Waals surface area (Å²) in [4.78, 5) is 0. The van der Waals surface area contributed by atoms with E-state index in [1.54, 1.807) is 30.3 Å². The molecule has 0 unspecified atom stereocenters. The highest BCUT2D eigenvalue weighted by molar-refractivity contribution is 7.74. The molecule has 2 aromatic rings. The maximum absolute atomic E-state index is 12.7. The molecule has 0 aromatic heterocycles. The summed E-state index contributed by atoms with van der Waals surface area (Å²) in [6.07, 6.45) is -4.42. The van der Waals surface area contributed by atoms with Crippen molar-refractivity contribution in [2.24, 2.45) is 0 Å². The minimum atomic E-state index is -4.42. The van der Waals surface area contributed by atoms with Crippen LogP contribution in [0.5, 0.6) is 0 Å². The number of hydrogen-bond acceptors (Lipinski definition) is 1. The minimum absolute atomic E-state index is 0.201. The average Bonchev–Trinajstić information content (AvgIpc) is 2.75. The molecule has 1 aliphatic rings. The number of hydrogen-bond donors (Lipinski definition) is 2. The molecule has 0 aliphatic carbocycles. The molecule has 3 nitrogen and oxygen atoms in total. The molecule has 0 fully saturated rings. The van der Waals surface area contributed by atoms with Crippen molar-refractivity contribution in [2.75, 3.05) is 10.2 Å². The summed E-state index contributed by atoms with van der Waals surface area (Å²) >= 11 is 0. The van der Waals surface area contributed by atoms with Crippen molar-refractivity contribution in [2.45, 2.75) is 6.18 Å². The van der Waals surface area contributed by atoms with Gasteiger partial charge < -0.3 is 10.2 Å². The molecule has 0 saturated carbocycles. The van der Waals surface area contributed by atoms with E-state index in [4.69, 9.17) is 0 Å². The number of benzene rings is 2. The van der Waals surface area contributed by atoms with Gasteiger partial charge in [0.15, 0.2) is 0 Å². The van der Waals surface area contributed by atoms with Gasteiger partial charge in [0.25, 0.3) is 7.44 Å². The van der Waals surface area contributed by atoms with Gasteiger partial charge in [-0.15, -0.1) is 0 Å². The van der Waals surface area contributed by atoms with E-state index in [1.807, 2.05) is 0 Å². The van der Waals surface area contributed by atoms with Crippen molar-refractivity contribution in [1.82, 2.24) is 0 Å². The molecule has 1 aliphatic heterocycles. The molecule has 2 aromatic carbocycles. The Kier molecular flexibility index (Phi) is 2.80. The molecular weight excluding hydrogens is 288 g/mol. The van der Waals surface area contributed by atoms with E-state index in [0.29, 0.717) is 11.0 Å². The Morgan fingerprint density at radius 3 is 2.20 bits per heavy atom. The van der Waals surface area contributed by atoms with Gasteiger partial charge in [0.1, 0.15) is 0 Å². The number of fused-ring (bicyclic) bond motifs is 1. The van der Waals surface area contributed by atoms with Crippen molar-refractivity contribution in [3.8, 4) is 0 Å².